The molecule has 0 amide bonds. The topological polar surface area (TPSA) is 70.4 Å². The Labute approximate surface area is 222 Å². The molecule has 3 heterocycles. The van der Waals surface area contributed by atoms with Gasteiger partial charge in [0.2, 0.25) is 0 Å². The van der Waals surface area contributed by atoms with Gasteiger partial charge in [0, 0.05) is 29.0 Å². The molecule has 0 bridgehead atoms. The average molecular weight is 511 g/mol. The van der Waals surface area contributed by atoms with Crippen molar-refractivity contribution in [3.8, 4) is 5.69 Å². The van der Waals surface area contributed by atoms with E-state index in [9.17, 15) is 9.90 Å². The second-order valence-electron chi connectivity index (χ2n) is 9.73. The molecule has 4 aromatic rings. The van der Waals surface area contributed by atoms with Gasteiger partial charge in [0.15, 0.2) is 5.11 Å². The van der Waals surface area contributed by atoms with E-state index >= 15 is 0 Å². The summed E-state index contributed by atoms with van der Waals surface area (Å²) in [6.07, 6.45) is 1.81. The number of aromatic nitrogens is 2. The number of hydrogen-bond acceptors (Lipinski definition) is 3. The highest BCUT2D eigenvalue weighted by atomic mass is 32.1. The number of thiocarbonyl (C=S) groups is 1. The van der Waals surface area contributed by atoms with E-state index in [1.807, 2.05) is 31.2 Å². The van der Waals surface area contributed by atoms with Crippen molar-refractivity contribution >= 4 is 29.0 Å². The molecule has 0 spiro atoms. The molecule has 2 aromatic carbocycles. The Bertz CT molecular complexity index is 1530. The molecule has 0 aliphatic carbocycles. The van der Waals surface area contributed by atoms with Gasteiger partial charge in [-0.3, -0.25) is 4.98 Å². The van der Waals surface area contributed by atoms with Gasteiger partial charge in [-0.1, -0.05) is 18.2 Å². The van der Waals surface area contributed by atoms with E-state index < -0.39 is 5.97 Å². The summed E-state index contributed by atoms with van der Waals surface area (Å²) in [6, 6.07) is 19.5. The first-order chi connectivity index (χ1) is 17.7. The van der Waals surface area contributed by atoms with Crippen LogP contribution in [0.1, 0.15) is 61.8 Å². The third-order valence-electron chi connectivity index (χ3n) is 7.35. The number of aryl methyl sites for hydroxylation is 4. The summed E-state index contributed by atoms with van der Waals surface area (Å²) in [6.45, 7) is 10.4. The van der Waals surface area contributed by atoms with Crippen LogP contribution in [0.5, 0.6) is 0 Å². The molecule has 0 saturated carbocycles. The summed E-state index contributed by atoms with van der Waals surface area (Å²) >= 11 is 5.91. The number of aromatic carboxylic acids is 1. The Kier molecular flexibility index (Phi) is 6.33. The smallest absolute Gasteiger partial charge is 0.335 e. The zero-order valence-electron chi connectivity index (χ0n) is 21.6. The summed E-state index contributed by atoms with van der Waals surface area (Å²) in [4.78, 5) is 18.6. The predicted octanol–water partition coefficient (Wildman–Crippen LogP) is 6.29. The van der Waals surface area contributed by atoms with Gasteiger partial charge in [-0.2, -0.15) is 0 Å². The van der Waals surface area contributed by atoms with Gasteiger partial charge in [-0.05, 0) is 112 Å². The number of benzene rings is 2. The van der Waals surface area contributed by atoms with Gasteiger partial charge in [0.05, 0.1) is 23.3 Å². The maximum absolute atomic E-state index is 11.7. The first-order valence-electron chi connectivity index (χ1n) is 12.3. The predicted molar refractivity (Wildman–Crippen MR) is 151 cm³/mol. The molecule has 7 heteroatoms. The van der Waals surface area contributed by atoms with Crippen molar-refractivity contribution in [2.45, 2.75) is 46.7 Å². The zero-order valence-corrected chi connectivity index (χ0v) is 22.4. The largest absolute Gasteiger partial charge is 0.478 e. The van der Waals surface area contributed by atoms with Gasteiger partial charge < -0.3 is 19.9 Å². The summed E-state index contributed by atoms with van der Waals surface area (Å²) in [5.74, 6) is -0.939. The van der Waals surface area contributed by atoms with Crippen LogP contribution < -0.4 is 10.2 Å². The highest BCUT2D eigenvalue weighted by molar-refractivity contribution is 7.80. The first-order valence-corrected chi connectivity index (χ1v) is 12.7. The fourth-order valence-electron chi connectivity index (χ4n) is 5.27. The van der Waals surface area contributed by atoms with Crippen LogP contribution in [0.15, 0.2) is 66.9 Å². The van der Waals surface area contributed by atoms with Crippen molar-refractivity contribution in [2.75, 3.05) is 4.90 Å². The van der Waals surface area contributed by atoms with Gasteiger partial charge in [-0.15, -0.1) is 0 Å². The minimum Gasteiger partial charge on any atom is -0.478 e. The molecule has 37 heavy (non-hydrogen) atoms. The van der Waals surface area contributed by atoms with Crippen LogP contribution in [0.2, 0.25) is 0 Å². The molecule has 1 fully saturated rings. The van der Waals surface area contributed by atoms with Gasteiger partial charge in [-0.25, -0.2) is 4.79 Å². The van der Waals surface area contributed by atoms with Crippen LogP contribution in [0.25, 0.3) is 5.69 Å². The standard InChI is InChI=1S/C30H30N4O2S/c1-17-10-12-23(14-19(17)3)34-28(27(32-30(34)37)25-8-6-7-13-31-25)24-15-20(4)33(21(24)5)26-16-22(29(35)36)11-9-18(26)2/h6-16,27-28H,1-5H3,(H,32,37)(H,35,36). The number of anilines is 1. The number of nitrogens with zero attached hydrogens (tertiary/aromatic N) is 3. The van der Waals surface area contributed by atoms with E-state index in [-0.39, 0.29) is 17.6 Å². The second-order valence-corrected chi connectivity index (χ2v) is 10.1. The van der Waals surface area contributed by atoms with Gasteiger partial charge in [0.1, 0.15) is 0 Å². The Morgan fingerprint density at radius 1 is 0.946 bits per heavy atom. The van der Waals surface area contributed by atoms with Gasteiger partial charge in [0.25, 0.3) is 0 Å². The molecule has 1 saturated heterocycles. The van der Waals surface area contributed by atoms with Crippen LogP contribution in [-0.4, -0.2) is 25.7 Å². The number of carboxylic acids is 1. The minimum atomic E-state index is -0.939. The summed E-state index contributed by atoms with van der Waals surface area (Å²) in [5.41, 5.74) is 9.67. The van der Waals surface area contributed by atoms with Crippen LogP contribution in [0, 0.1) is 34.6 Å². The monoisotopic (exact) mass is 510 g/mol. The van der Waals surface area contributed by atoms with E-state index in [0.29, 0.717) is 5.11 Å². The third-order valence-corrected chi connectivity index (χ3v) is 7.67. The normalized spacial score (nSPS) is 17.2. The van der Waals surface area contributed by atoms with Crippen LogP contribution in [0.3, 0.4) is 0 Å². The highest BCUT2D eigenvalue weighted by Gasteiger charge is 2.42. The zero-order chi connectivity index (χ0) is 26.4. The fourth-order valence-corrected chi connectivity index (χ4v) is 5.61. The summed E-state index contributed by atoms with van der Waals surface area (Å²) in [5, 5.41) is 13.8. The number of nitrogens with one attached hydrogen (secondary N) is 1. The third kappa shape index (κ3) is 4.29. The van der Waals surface area contributed by atoms with Crippen molar-refractivity contribution in [1.29, 1.82) is 0 Å². The van der Waals surface area contributed by atoms with Crippen molar-refractivity contribution in [3.05, 3.63) is 112 Å². The van der Waals surface area contributed by atoms with Gasteiger partial charge >= 0.3 is 5.97 Å². The van der Waals surface area contributed by atoms with Crippen molar-refractivity contribution in [3.63, 3.8) is 0 Å². The lowest BCUT2D eigenvalue weighted by atomic mass is 9.96. The average Bonchev–Trinajstić information content (AvgIpc) is 3.36. The van der Waals surface area contributed by atoms with Crippen LogP contribution in [-0.2, 0) is 0 Å². The quantitative estimate of drug-likeness (QED) is 0.308. The Morgan fingerprint density at radius 3 is 2.38 bits per heavy atom. The minimum absolute atomic E-state index is 0.146. The highest BCUT2D eigenvalue weighted by Crippen LogP contribution is 2.44. The Balaban J connectivity index is 1.71. The lowest BCUT2D eigenvalue weighted by molar-refractivity contribution is 0.0697. The van der Waals surface area contributed by atoms with E-state index in [2.05, 4.69) is 71.7 Å². The van der Waals surface area contributed by atoms with Crippen molar-refractivity contribution in [1.82, 2.24) is 14.9 Å². The first kappa shape index (κ1) is 24.7. The number of carbonyl (C=O) groups is 1. The lowest BCUT2D eigenvalue weighted by Gasteiger charge is -2.28. The Hall–Kier alpha value is -3.97. The van der Waals surface area contributed by atoms with E-state index in [1.54, 1.807) is 18.3 Å². The Morgan fingerprint density at radius 2 is 1.70 bits per heavy atom. The van der Waals surface area contributed by atoms with Crippen molar-refractivity contribution in [2.24, 2.45) is 0 Å². The van der Waals surface area contributed by atoms with Crippen LogP contribution in [0.4, 0.5) is 5.69 Å². The molecule has 2 unspecified atom stereocenters. The molecule has 2 atom stereocenters. The second kappa shape index (κ2) is 9.48. The number of pyridine rings is 1. The maximum atomic E-state index is 11.7. The SMILES string of the molecule is Cc1ccc(N2C(=S)NC(c3ccccn3)C2c2cc(C)n(-c3cc(C(=O)O)ccc3C)c2C)cc1C. The molecule has 0 radical (unpaired) electrons. The molecule has 5 rings (SSSR count). The molecule has 188 valence electrons. The fraction of sp³-hybridized carbons (Fsp3) is 0.233. The summed E-state index contributed by atoms with van der Waals surface area (Å²) in [7, 11) is 0. The number of rotatable bonds is 5. The van der Waals surface area contributed by atoms with E-state index in [1.165, 1.54) is 11.1 Å². The van der Waals surface area contributed by atoms with E-state index in [0.717, 1.165) is 39.6 Å². The molecule has 2 aromatic heterocycles. The molecular weight excluding hydrogens is 480 g/mol. The number of carboxylic acid groups (broad SMARTS) is 1. The van der Waals surface area contributed by atoms with E-state index in [4.69, 9.17) is 12.2 Å². The number of hydrogen-bond donors (Lipinski definition) is 2. The van der Waals surface area contributed by atoms with Crippen molar-refractivity contribution < 1.29 is 9.90 Å². The molecule has 1 aliphatic rings. The summed E-state index contributed by atoms with van der Waals surface area (Å²) < 4.78 is 2.15. The maximum Gasteiger partial charge on any atom is 0.335 e. The van der Waals surface area contributed by atoms with Crippen LogP contribution >= 0.6 is 12.2 Å². The molecule has 2 N–H and O–H groups in total. The molecule has 6 nitrogen and oxygen atoms in total. The lowest BCUT2D eigenvalue weighted by Crippen LogP contribution is -2.29. The molecule has 1 aliphatic heterocycles. The molecular formula is C30H30N4O2S.